The van der Waals surface area contributed by atoms with Crippen molar-refractivity contribution in [2.24, 2.45) is 0 Å². The largest absolute Gasteiger partial charge is 0.337 e. The molecule has 3 heterocycles. The molecule has 0 spiro atoms. The Morgan fingerprint density at radius 1 is 1.24 bits per heavy atom. The molecule has 25 heavy (non-hydrogen) atoms. The second kappa shape index (κ2) is 7.06. The number of aromatic nitrogens is 4. The first-order valence-electron chi connectivity index (χ1n) is 8.38. The molecular formula is C18H18FN5O. The molecule has 1 saturated heterocycles. The summed E-state index contributed by atoms with van der Waals surface area (Å²) in [5.74, 6) is 0.761. The van der Waals surface area contributed by atoms with Gasteiger partial charge in [0.25, 0.3) is 0 Å². The Balaban J connectivity index is 1.53. The van der Waals surface area contributed by atoms with Gasteiger partial charge in [-0.1, -0.05) is 23.7 Å². The number of rotatable bonds is 4. The third-order valence-corrected chi connectivity index (χ3v) is 4.45. The van der Waals surface area contributed by atoms with Crippen LogP contribution in [0, 0.1) is 5.82 Å². The highest BCUT2D eigenvalue weighted by Crippen LogP contribution is 2.32. The van der Waals surface area contributed by atoms with E-state index in [-0.39, 0.29) is 11.9 Å². The van der Waals surface area contributed by atoms with Crippen LogP contribution in [0.25, 0.3) is 11.5 Å². The fourth-order valence-electron chi connectivity index (χ4n) is 3.28. The normalized spacial score (nSPS) is 18.4. The standard InChI is InChI=1S/C18H18FN5O/c19-14-5-3-4-13(10-14)16-6-1-2-9-24(16)12-17-22-18(23-25-17)15-11-20-7-8-21-15/h3-5,7-8,10-11,16H,1-2,6,9,12H2/t16-/m1/s1. The van der Waals surface area contributed by atoms with Crippen molar-refractivity contribution in [1.29, 1.82) is 0 Å². The van der Waals surface area contributed by atoms with Gasteiger partial charge in [-0.25, -0.2) is 9.37 Å². The van der Waals surface area contributed by atoms with Crippen molar-refractivity contribution < 1.29 is 8.91 Å². The predicted octanol–water partition coefficient (Wildman–Crippen LogP) is 3.39. The highest BCUT2D eigenvalue weighted by Gasteiger charge is 2.26. The SMILES string of the molecule is Fc1cccc([C@H]2CCCCN2Cc2nc(-c3cnccn3)no2)c1. The van der Waals surface area contributed by atoms with E-state index < -0.39 is 0 Å². The van der Waals surface area contributed by atoms with Gasteiger partial charge in [0.15, 0.2) is 0 Å². The van der Waals surface area contributed by atoms with Gasteiger partial charge in [-0.15, -0.1) is 0 Å². The van der Waals surface area contributed by atoms with Gasteiger partial charge in [-0.05, 0) is 37.1 Å². The Morgan fingerprint density at radius 3 is 3.04 bits per heavy atom. The summed E-state index contributed by atoms with van der Waals surface area (Å²) in [7, 11) is 0. The molecule has 0 amide bonds. The van der Waals surface area contributed by atoms with Gasteiger partial charge >= 0.3 is 0 Å². The van der Waals surface area contributed by atoms with Gasteiger partial charge in [0.2, 0.25) is 11.7 Å². The minimum atomic E-state index is -0.203. The molecule has 1 atom stereocenters. The van der Waals surface area contributed by atoms with Crippen LogP contribution in [0.15, 0.2) is 47.4 Å². The van der Waals surface area contributed by atoms with Crippen LogP contribution in [0.1, 0.15) is 36.8 Å². The summed E-state index contributed by atoms with van der Waals surface area (Å²) in [6.45, 7) is 1.46. The summed E-state index contributed by atoms with van der Waals surface area (Å²) in [5, 5.41) is 3.99. The van der Waals surface area contributed by atoms with Crippen LogP contribution < -0.4 is 0 Å². The van der Waals surface area contributed by atoms with E-state index in [1.54, 1.807) is 30.7 Å². The molecule has 0 saturated carbocycles. The van der Waals surface area contributed by atoms with E-state index in [1.807, 2.05) is 6.07 Å². The van der Waals surface area contributed by atoms with Crippen molar-refractivity contribution in [2.45, 2.75) is 31.8 Å². The quantitative estimate of drug-likeness (QED) is 0.726. The Bertz CT molecular complexity index is 838. The lowest BCUT2D eigenvalue weighted by molar-refractivity contribution is 0.123. The highest BCUT2D eigenvalue weighted by molar-refractivity contribution is 5.45. The van der Waals surface area contributed by atoms with E-state index in [9.17, 15) is 4.39 Å². The molecule has 3 aromatic rings. The molecule has 1 aliphatic rings. The summed E-state index contributed by atoms with van der Waals surface area (Å²) in [6.07, 6.45) is 8.03. The predicted molar refractivity (Wildman–Crippen MR) is 88.7 cm³/mol. The van der Waals surface area contributed by atoms with E-state index in [0.717, 1.165) is 31.4 Å². The topological polar surface area (TPSA) is 67.9 Å². The lowest BCUT2D eigenvalue weighted by Gasteiger charge is -2.35. The molecular weight excluding hydrogens is 321 g/mol. The molecule has 2 aromatic heterocycles. The van der Waals surface area contributed by atoms with Crippen molar-refractivity contribution >= 4 is 0 Å². The Morgan fingerprint density at radius 2 is 2.20 bits per heavy atom. The highest BCUT2D eigenvalue weighted by atomic mass is 19.1. The maximum atomic E-state index is 13.6. The first kappa shape index (κ1) is 15.8. The molecule has 1 fully saturated rings. The number of nitrogens with zero attached hydrogens (tertiary/aromatic N) is 5. The average molecular weight is 339 g/mol. The van der Waals surface area contributed by atoms with Crippen molar-refractivity contribution in [3.8, 4) is 11.5 Å². The molecule has 0 radical (unpaired) electrons. The maximum absolute atomic E-state index is 13.6. The fourth-order valence-corrected chi connectivity index (χ4v) is 3.28. The van der Waals surface area contributed by atoms with Crippen LogP contribution in [0.4, 0.5) is 4.39 Å². The molecule has 4 rings (SSSR count). The number of likely N-dealkylation sites (tertiary alicyclic amines) is 1. The van der Waals surface area contributed by atoms with E-state index in [1.165, 1.54) is 6.07 Å². The van der Waals surface area contributed by atoms with Crippen LogP contribution in [0.5, 0.6) is 0 Å². The Kier molecular flexibility index (Phi) is 4.47. The zero-order valence-electron chi connectivity index (χ0n) is 13.7. The fraction of sp³-hybridized carbons (Fsp3) is 0.333. The molecule has 1 aliphatic heterocycles. The van der Waals surface area contributed by atoms with E-state index in [4.69, 9.17) is 4.52 Å². The zero-order valence-corrected chi connectivity index (χ0v) is 13.7. The van der Waals surface area contributed by atoms with Gasteiger partial charge in [-0.2, -0.15) is 4.98 Å². The average Bonchev–Trinajstić information content (AvgIpc) is 3.11. The second-order valence-electron chi connectivity index (χ2n) is 6.14. The molecule has 0 unspecified atom stereocenters. The lowest BCUT2D eigenvalue weighted by atomic mass is 9.95. The third kappa shape index (κ3) is 3.56. The van der Waals surface area contributed by atoms with Crippen LogP contribution >= 0.6 is 0 Å². The molecule has 0 bridgehead atoms. The van der Waals surface area contributed by atoms with E-state index >= 15 is 0 Å². The summed E-state index contributed by atoms with van der Waals surface area (Å²) in [6, 6.07) is 6.99. The summed E-state index contributed by atoms with van der Waals surface area (Å²) < 4.78 is 19.0. The number of piperidine rings is 1. The number of benzene rings is 1. The van der Waals surface area contributed by atoms with Crippen molar-refractivity contribution in [2.75, 3.05) is 6.54 Å². The van der Waals surface area contributed by atoms with E-state index in [0.29, 0.717) is 24.0 Å². The van der Waals surface area contributed by atoms with Crippen LogP contribution in [0.3, 0.4) is 0 Å². The van der Waals surface area contributed by atoms with Gasteiger partial charge in [0.05, 0.1) is 12.7 Å². The Hall–Kier alpha value is -2.67. The van der Waals surface area contributed by atoms with Gasteiger partial charge in [-0.3, -0.25) is 9.88 Å². The monoisotopic (exact) mass is 339 g/mol. The Labute approximate surface area is 144 Å². The van der Waals surface area contributed by atoms with Gasteiger partial charge in [0.1, 0.15) is 11.5 Å². The van der Waals surface area contributed by atoms with Gasteiger partial charge < -0.3 is 4.52 Å². The minimum absolute atomic E-state index is 0.163. The van der Waals surface area contributed by atoms with E-state index in [2.05, 4.69) is 25.0 Å². The smallest absolute Gasteiger partial charge is 0.241 e. The number of hydrogen-bond donors (Lipinski definition) is 0. The molecule has 6 nitrogen and oxygen atoms in total. The molecule has 1 aromatic carbocycles. The molecule has 7 heteroatoms. The van der Waals surface area contributed by atoms with Crippen LogP contribution in [-0.2, 0) is 6.54 Å². The summed E-state index contributed by atoms with van der Waals surface area (Å²) >= 11 is 0. The first-order valence-corrected chi connectivity index (χ1v) is 8.38. The molecule has 0 aliphatic carbocycles. The van der Waals surface area contributed by atoms with Gasteiger partial charge in [0, 0.05) is 18.4 Å². The maximum Gasteiger partial charge on any atom is 0.241 e. The minimum Gasteiger partial charge on any atom is -0.337 e. The number of halogens is 1. The first-order chi connectivity index (χ1) is 12.3. The van der Waals surface area contributed by atoms with Crippen LogP contribution in [0.2, 0.25) is 0 Å². The van der Waals surface area contributed by atoms with Crippen molar-refractivity contribution in [3.63, 3.8) is 0 Å². The van der Waals surface area contributed by atoms with Crippen LogP contribution in [-0.4, -0.2) is 31.6 Å². The third-order valence-electron chi connectivity index (χ3n) is 4.45. The molecule has 128 valence electrons. The molecule has 0 N–H and O–H groups in total. The second-order valence-corrected chi connectivity index (χ2v) is 6.14. The van der Waals surface area contributed by atoms with Crippen molar-refractivity contribution in [3.05, 3.63) is 60.1 Å². The number of hydrogen-bond acceptors (Lipinski definition) is 6. The lowest BCUT2D eigenvalue weighted by Crippen LogP contribution is -2.33. The zero-order chi connectivity index (χ0) is 17.1. The van der Waals surface area contributed by atoms with Crippen molar-refractivity contribution in [1.82, 2.24) is 25.0 Å². The summed E-state index contributed by atoms with van der Waals surface area (Å²) in [4.78, 5) is 14.9. The summed E-state index contributed by atoms with van der Waals surface area (Å²) in [5.41, 5.74) is 1.58.